The van der Waals surface area contributed by atoms with Gasteiger partial charge < -0.3 is 10.1 Å². The Bertz CT molecular complexity index is 794. The molecule has 4 rings (SSSR count). The maximum absolute atomic E-state index is 11.8. The Balaban J connectivity index is 1.78. The third kappa shape index (κ3) is 2.94. The second-order valence-electron chi connectivity index (χ2n) is 6.39. The van der Waals surface area contributed by atoms with Crippen LogP contribution in [0.2, 0.25) is 0 Å². The summed E-state index contributed by atoms with van der Waals surface area (Å²) in [4.78, 5) is 11.8. The van der Waals surface area contributed by atoms with E-state index in [0.29, 0.717) is 25.5 Å². The molecule has 24 heavy (non-hydrogen) atoms. The highest BCUT2D eigenvalue weighted by Gasteiger charge is 2.23. The molecule has 0 amide bonds. The first-order valence-corrected chi connectivity index (χ1v) is 8.58. The van der Waals surface area contributed by atoms with Crippen LogP contribution in [0.5, 0.6) is 0 Å². The summed E-state index contributed by atoms with van der Waals surface area (Å²) in [6.45, 7) is 1.06. The summed E-state index contributed by atoms with van der Waals surface area (Å²) in [5.41, 5.74) is 6.37. The number of allylic oxidation sites excluding steroid dienone is 1. The molecule has 0 spiro atoms. The Kier molecular flexibility index (Phi) is 4.08. The third-order valence-corrected chi connectivity index (χ3v) is 4.84. The summed E-state index contributed by atoms with van der Waals surface area (Å²) in [6.07, 6.45) is 4.54. The average Bonchev–Trinajstić information content (AvgIpc) is 2.61. The van der Waals surface area contributed by atoms with Crippen LogP contribution in [0.25, 0.3) is 5.57 Å². The smallest absolute Gasteiger partial charge is 0.307 e. The van der Waals surface area contributed by atoms with Gasteiger partial charge in [-0.2, -0.15) is 0 Å². The van der Waals surface area contributed by atoms with Gasteiger partial charge in [-0.15, -0.1) is 0 Å². The zero-order chi connectivity index (χ0) is 16.4. The second kappa shape index (κ2) is 6.52. The number of rotatable bonds is 0. The number of anilines is 1. The van der Waals surface area contributed by atoms with E-state index in [9.17, 15) is 4.79 Å². The zero-order valence-electron chi connectivity index (χ0n) is 13.6. The summed E-state index contributed by atoms with van der Waals surface area (Å²) in [5.74, 6) is 0.218. The first kappa shape index (κ1) is 15.0. The highest BCUT2D eigenvalue weighted by Crippen LogP contribution is 2.38. The Labute approximate surface area is 142 Å². The van der Waals surface area contributed by atoms with Crippen LogP contribution in [0.1, 0.15) is 35.4 Å². The fraction of sp³-hybridized carbons (Fsp3) is 0.286. The molecule has 3 nitrogen and oxygen atoms in total. The minimum atomic E-state index is -0.137. The van der Waals surface area contributed by atoms with Gasteiger partial charge in [-0.3, -0.25) is 4.79 Å². The predicted octanol–water partition coefficient (Wildman–Crippen LogP) is 4.16. The largest absolute Gasteiger partial charge is 0.465 e. The van der Waals surface area contributed by atoms with Crippen molar-refractivity contribution in [2.75, 3.05) is 18.5 Å². The molecule has 0 radical (unpaired) electrons. The topological polar surface area (TPSA) is 38.3 Å². The number of benzene rings is 2. The van der Waals surface area contributed by atoms with Gasteiger partial charge in [0.25, 0.3) is 0 Å². The second-order valence-corrected chi connectivity index (χ2v) is 6.39. The Morgan fingerprint density at radius 1 is 1.00 bits per heavy atom. The first-order chi connectivity index (χ1) is 11.8. The van der Waals surface area contributed by atoms with Gasteiger partial charge in [0, 0.05) is 24.6 Å². The van der Waals surface area contributed by atoms with Crippen LogP contribution in [0.15, 0.2) is 54.6 Å². The van der Waals surface area contributed by atoms with Crippen molar-refractivity contribution in [3.8, 4) is 0 Å². The van der Waals surface area contributed by atoms with E-state index in [1.54, 1.807) is 0 Å². The van der Waals surface area contributed by atoms with Crippen LogP contribution in [-0.2, 0) is 16.0 Å². The Morgan fingerprint density at radius 3 is 2.79 bits per heavy atom. The van der Waals surface area contributed by atoms with Crippen molar-refractivity contribution in [3.05, 3.63) is 71.3 Å². The van der Waals surface area contributed by atoms with Crippen LogP contribution in [0, 0.1) is 0 Å². The number of ether oxygens (including phenoxy) is 1. The number of fused-ring (bicyclic) bond motifs is 5. The van der Waals surface area contributed by atoms with E-state index >= 15 is 0 Å². The van der Waals surface area contributed by atoms with Gasteiger partial charge in [0.2, 0.25) is 0 Å². The number of cyclic esters (lactones) is 1. The van der Waals surface area contributed by atoms with E-state index in [2.05, 4.69) is 53.9 Å². The van der Waals surface area contributed by atoms with Crippen molar-refractivity contribution in [1.82, 2.24) is 0 Å². The molecule has 122 valence electrons. The van der Waals surface area contributed by atoms with Crippen LogP contribution in [-0.4, -0.2) is 19.1 Å². The molecule has 1 N–H and O–H groups in total. The highest BCUT2D eigenvalue weighted by molar-refractivity contribution is 5.74. The molecule has 3 heteroatoms. The number of esters is 1. The zero-order valence-corrected chi connectivity index (χ0v) is 13.6. The van der Waals surface area contributed by atoms with Crippen LogP contribution in [0.3, 0.4) is 0 Å². The molecule has 1 heterocycles. The molecule has 1 aliphatic heterocycles. The maximum Gasteiger partial charge on any atom is 0.307 e. The summed E-state index contributed by atoms with van der Waals surface area (Å²) >= 11 is 0. The van der Waals surface area contributed by atoms with E-state index in [1.807, 2.05) is 6.07 Å². The van der Waals surface area contributed by atoms with Crippen LogP contribution < -0.4 is 5.32 Å². The molecular weight excluding hydrogens is 298 g/mol. The molecule has 0 aromatic heterocycles. The SMILES string of the molecule is O=C1CCNc2ccccc2C2C=C(CCO1)c1ccccc1C2. The van der Waals surface area contributed by atoms with Crippen LogP contribution >= 0.6 is 0 Å². The summed E-state index contributed by atoms with van der Waals surface area (Å²) in [5, 5.41) is 3.41. The fourth-order valence-electron chi connectivity index (χ4n) is 3.69. The molecule has 2 bridgehead atoms. The number of carbonyl (C=O) groups excluding carboxylic acids is 1. The molecule has 1 atom stereocenters. The number of carbonyl (C=O) groups is 1. The highest BCUT2D eigenvalue weighted by atomic mass is 16.5. The van der Waals surface area contributed by atoms with Crippen molar-refractivity contribution >= 4 is 17.2 Å². The molecule has 1 unspecified atom stereocenters. The molecule has 2 aromatic rings. The fourth-order valence-corrected chi connectivity index (χ4v) is 3.69. The minimum absolute atomic E-state index is 0.137. The number of para-hydroxylation sites is 1. The normalized spacial score (nSPS) is 20.2. The Hall–Kier alpha value is -2.55. The van der Waals surface area contributed by atoms with E-state index in [4.69, 9.17) is 4.74 Å². The first-order valence-electron chi connectivity index (χ1n) is 8.58. The van der Waals surface area contributed by atoms with Crippen molar-refractivity contribution in [3.63, 3.8) is 0 Å². The van der Waals surface area contributed by atoms with Crippen molar-refractivity contribution in [1.29, 1.82) is 0 Å². The summed E-state index contributed by atoms with van der Waals surface area (Å²) in [6, 6.07) is 17.0. The molecule has 2 aromatic carbocycles. The van der Waals surface area contributed by atoms with E-state index < -0.39 is 0 Å². The molecule has 0 fully saturated rings. The molecule has 0 saturated heterocycles. The van der Waals surface area contributed by atoms with Crippen LogP contribution in [0.4, 0.5) is 5.69 Å². The third-order valence-electron chi connectivity index (χ3n) is 4.84. The number of hydrogen-bond acceptors (Lipinski definition) is 3. The molecule has 0 saturated carbocycles. The Morgan fingerprint density at radius 2 is 1.83 bits per heavy atom. The predicted molar refractivity (Wildman–Crippen MR) is 96.0 cm³/mol. The number of hydrogen-bond donors (Lipinski definition) is 1. The summed E-state index contributed by atoms with van der Waals surface area (Å²) in [7, 11) is 0. The van der Waals surface area contributed by atoms with Gasteiger partial charge in [0.15, 0.2) is 0 Å². The lowest BCUT2D eigenvalue weighted by Gasteiger charge is -2.27. The van der Waals surface area contributed by atoms with E-state index in [0.717, 1.165) is 18.5 Å². The molecule has 2 aliphatic rings. The van der Waals surface area contributed by atoms with Gasteiger partial charge in [-0.25, -0.2) is 0 Å². The monoisotopic (exact) mass is 319 g/mol. The lowest BCUT2D eigenvalue weighted by atomic mass is 9.80. The lowest BCUT2D eigenvalue weighted by molar-refractivity contribution is -0.143. The average molecular weight is 319 g/mol. The van der Waals surface area contributed by atoms with E-state index in [1.165, 1.54) is 22.3 Å². The van der Waals surface area contributed by atoms with Gasteiger partial charge in [-0.05, 0) is 34.8 Å². The van der Waals surface area contributed by atoms with Crippen molar-refractivity contribution in [2.24, 2.45) is 0 Å². The summed E-state index contributed by atoms with van der Waals surface area (Å²) < 4.78 is 5.39. The molecule has 1 aliphatic carbocycles. The number of nitrogens with one attached hydrogen (secondary N) is 1. The van der Waals surface area contributed by atoms with Gasteiger partial charge >= 0.3 is 5.97 Å². The van der Waals surface area contributed by atoms with Gasteiger partial charge in [-0.1, -0.05) is 48.5 Å². The quantitative estimate of drug-likeness (QED) is 0.741. The van der Waals surface area contributed by atoms with E-state index in [-0.39, 0.29) is 5.97 Å². The van der Waals surface area contributed by atoms with Gasteiger partial charge in [0.1, 0.15) is 0 Å². The van der Waals surface area contributed by atoms with Gasteiger partial charge in [0.05, 0.1) is 13.0 Å². The molecular formula is C21H21NO2. The van der Waals surface area contributed by atoms with Crippen molar-refractivity contribution in [2.45, 2.75) is 25.2 Å². The minimum Gasteiger partial charge on any atom is -0.465 e. The van der Waals surface area contributed by atoms with Crippen molar-refractivity contribution < 1.29 is 9.53 Å². The standard InChI is InChI=1S/C21H21NO2/c23-21-9-11-22-20-8-4-3-7-19(20)17-13-15-5-1-2-6-18(15)16(14-17)10-12-24-21/h1-8,14,17,22H,9-13H2. The lowest BCUT2D eigenvalue weighted by Crippen LogP contribution is -2.17. The maximum atomic E-state index is 11.8.